The van der Waals surface area contributed by atoms with Crippen molar-refractivity contribution in [2.45, 2.75) is 13.8 Å². The molecule has 2 amide bonds. The minimum atomic E-state index is -0.616. The first kappa shape index (κ1) is 26.0. The summed E-state index contributed by atoms with van der Waals surface area (Å²) >= 11 is 6.80. The monoisotopic (exact) mass is 602 g/mol. The van der Waals surface area contributed by atoms with Gasteiger partial charge in [0.1, 0.15) is 5.75 Å². The van der Waals surface area contributed by atoms with Gasteiger partial charge in [-0.3, -0.25) is 19.7 Å². The Morgan fingerprint density at radius 1 is 1.11 bits per heavy atom. The third-order valence-corrected chi connectivity index (χ3v) is 5.79. The number of hydrazone groups is 1. The molecule has 3 aromatic rings. The summed E-state index contributed by atoms with van der Waals surface area (Å²) in [6.45, 7) is 3.58. The minimum Gasteiger partial charge on any atom is -0.482 e. The highest BCUT2D eigenvalue weighted by Gasteiger charge is 2.14. The lowest BCUT2D eigenvalue weighted by Gasteiger charge is -2.13. The molecule has 0 saturated heterocycles. The standard InChI is InChI=1S/C24H20Br2N4O5/c1-14-6-7-15(2)21(8-14)28-22(31)13-35-23-17(9-18(25)11-20(23)26)12-27-29-24(32)16-4-3-5-19(10-16)30(33)34/h3-12H,13H2,1-2H3,(H,28,31)(H,29,32)/b27-12+. The third kappa shape index (κ3) is 7.20. The summed E-state index contributed by atoms with van der Waals surface area (Å²) in [7, 11) is 0. The molecule has 0 unspecified atom stereocenters. The number of carbonyl (C=O) groups is 2. The van der Waals surface area contributed by atoms with E-state index in [0.29, 0.717) is 25.9 Å². The number of benzene rings is 3. The molecule has 0 atom stereocenters. The fourth-order valence-electron chi connectivity index (χ4n) is 3.01. The second kappa shape index (κ2) is 11.7. The van der Waals surface area contributed by atoms with Crippen molar-refractivity contribution in [2.75, 3.05) is 11.9 Å². The van der Waals surface area contributed by atoms with E-state index in [2.05, 4.69) is 47.7 Å². The summed E-state index contributed by atoms with van der Waals surface area (Å²) in [6, 6.07) is 14.5. The summed E-state index contributed by atoms with van der Waals surface area (Å²) in [5, 5.41) is 17.7. The van der Waals surface area contributed by atoms with Crippen LogP contribution >= 0.6 is 31.9 Å². The number of ether oxygens (including phenoxy) is 1. The zero-order valence-electron chi connectivity index (χ0n) is 18.7. The number of anilines is 1. The normalized spacial score (nSPS) is 10.7. The lowest BCUT2D eigenvalue weighted by molar-refractivity contribution is -0.384. The summed E-state index contributed by atoms with van der Waals surface area (Å²) < 4.78 is 7.03. The van der Waals surface area contributed by atoms with E-state index < -0.39 is 10.8 Å². The van der Waals surface area contributed by atoms with Gasteiger partial charge >= 0.3 is 0 Å². The number of non-ortho nitro benzene ring substituents is 1. The molecule has 9 nitrogen and oxygen atoms in total. The highest BCUT2D eigenvalue weighted by atomic mass is 79.9. The van der Waals surface area contributed by atoms with Crippen molar-refractivity contribution in [3.8, 4) is 5.75 Å². The first-order valence-electron chi connectivity index (χ1n) is 10.2. The van der Waals surface area contributed by atoms with Crippen LogP contribution in [0.1, 0.15) is 27.0 Å². The quantitative estimate of drug-likeness (QED) is 0.199. The van der Waals surface area contributed by atoms with E-state index in [0.717, 1.165) is 17.2 Å². The van der Waals surface area contributed by atoms with Crippen LogP contribution in [0.4, 0.5) is 11.4 Å². The van der Waals surface area contributed by atoms with Crippen LogP contribution in [0.2, 0.25) is 0 Å². The van der Waals surface area contributed by atoms with Crippen LogP contribution in [0.5, 0.6) is 5.75 Å². The van der Waals surface area contributed by atoms with Gasteiger partial charge in [-0.15, -0.1) is 0 Å². The van der Waals surface area contributed by atoms with Crippen molar-refractivity contribution in [3.05, 3.63) is 95.9 Å². The average Bonchev–Trinajstić information content (AvgIpc) is 2.80. The molecule has 35 heavy (non-hydrogen) atoms. The number of nitrogens with one attached hydrogen (secondary N) is 2. The van der Waals surface area contributed by atoms with Crippen LogP contribution in [0, 0.1) is 24.0 Å². The smallest absolute Gasteiger partial charge is 0.271 e. The average molecular weight is 604 g/mol. The number of nitro groups is 1. The van der Waals surface area contributed by atoms with E-state index in [-0.39, 0.29) is 23.8 Å². The molecule has 0 aliphatic heterocycles. The van der Waals surface area contributed by atoms with Gasteiger partial charge in [0.15, 0.2) is 6.61 Å². The Balaban J connectivity index is 1.70. The van der Waals surface area contributed by atoms with Gasteiger partial charge in [0.05, 0.1) is 15.6 Å². The third-order valence-electron chi connectivity index (χ3n) is 4.74. The SMILES string of the molecule is Cc1ccc(C)c(NC(=O)COc2c(Br)cc(Br)cc2/C=N/NC(=O)c2cccc([N+](=O)[O-])c2)c1. The largest absolute Gasteiger partial charge is 0.482 e. The number of nitrogens with zero attached hydrogens (tertiary/aromatic N) is 2. The van der Waals surface area contributed by atoms with Crippen LogP contribution in [-0.2, 0) is 4.79 Å². The van der Waals surface area contributed by atoms with Crippen LogP contribution in [0.15, 0.2) is 68.6 Å². The van der Waals surface area contributed by atoms with E-state index >= 15 is 0 Å². The predicted molar refractivity (Wildman–Crippen MR) is 140 cm³/mol. The minimum absolute atomic E-state index is 0.0892. The molecule has 11 heteroatoms. The maximum atomic E-state index is 12.5. The summed E-state index contributed by atoms with van der Waals surface area (Å²) in [4.78, 5) is 35.1. The van der Waals surface area contributed by atoms with E-state index in [9.17, 15) is 19.7 Å². The Labute approximate surface area is 218 Å². The Bertz CT molecular complexity index is 1330. The first-order valence-corrected chi connectivity index (χ1v) is 11.8. The molecule has 0 fully saturated rings. The fraction of sp³-hybridized carbons (Fsp3) is 0.125. The number of aryl methyl sites for hydroxylation is 2. The Morgan fingerprint density at radius 3 is 2.63 bits per heavy atom. The van der Waals surface area contributed by atoms with Crippen molar-refractivity contribution in [2.24, 2.45) is 5.10 Å². The number of amides is 2. The molecule has 0 saturated carbocycles. The van der Waals surface area contributed by atoms with Gasteiger partial charge in [-0.05, 0) is 65.2 Å². The van der Waals surface area contributed by atoms with Crippen LogP contribution in [0.25, 0.3) is 0 Å². The topological polar surface area (TPSA) is 123 Å². The van der Waals surface area contributed by atoms with Gasteiger partial charge < -0.3 is 10.1 Å². The number of halogens is 2. The van der Waals surface area contributed by atoms with Gasteiger partial charge in [0, 0.05) is 33.4 Å². The lowest BCUT2D eigenvalue weighted by Crippen LogP contribution is -2.21. The van der Waals surface area contributed by atoms with Crippen molar-refractivity contribution in [3.63, 3.8) is 0 Å². The second-order valence-corrected chi connectivity index (χ2v) is 9.24. The van der Waals surface area contributed by atoms with Crippen LogP contribution in [0.3, 0.4) is 0 Å². The zero-order valence-corrected chi connectivity index (χ0v) is 21.8. The van der Waals surface area contributed by atoms with Gasteiger partial charge in [-0.2, -0.15) is 5.10 Å². The second-order valence-electron chi connectivity index (χ2n) is 7.47. The molecule has 180 valence electrons. The van der Waals surface area contributed by atoms with Gasteiger partial charge in [0.2, 0.25) is 0 Å². The Kier molecular flexibility index (Phi) is 8.72. The molecule has 0 bridgehead atoms. The van der Waals surface area contributed by atoms with Gasteiger partial charge in [0.25, 0.3) is 17.5 Å². The van der Waals surface area contributed by atoms with E-state index in [1.807, 2.05) is 32.0 Å². The molecule has 0 aliphatic rings. The van der Waals surface area contributed by atoms with E-state index in [1.165, 1.54) is 24.4 Å². The Hall–Kier alpha value is -3.57. The van der Waals surface area contributed by atoms with Gasteiger partial charge in [-0.1, -0.05) is 34.1 Å². The lowest BCUT2D eigenvalue weighted by atomic mass is 10.1. The number of hydrogen-bond donors (Lipinski definition) is 2. The highest BCUT2D eigenvalue weighted by Crippen LogP contribution is 2.32. The van der Waals surface area contributed by atoms with Crippen molar-refractivity contribution >= 4 is 61.3 Å². The predicted octanol–water partition coefficient (Wildman–Crippen LogP) is 5.52. The van der Waals surface area contributed by atoms with E-state index in [1.54, 1.807) is 12.1 Å². The molecular weight excluding hydrogens is 584 g/mol. The van der Waals surface area contributed by atoms with Crippen molar-refractivity contribution in [1.29, 1.82) is 0 Å². The number of carbonyl (C=O) groups excluding carboxylic acids is 2. The number of hydrogen-bond acceptors (Lipinski definition) is 6. The summed E-state index contributed by atoms with van der Waals surface area (Å²) in [6.07, 6.45) is 1.35. The molecular formula is C24H20Br2N4O5. The highest BCUT2D eigenvalue weighted by molar-refractivity contribution is 9.11. The zero-order chi connectivity index (χ0) is 25.5. The first-order chi connectivity index (χ1) is 16.6. The molecule has 0 aromatic heterocycles. The Morgan fingerprint density at radius 2 is 1.89 bits per heavy atom. The molecule has 0 heterocycles. The molecule has 0 radical (unpaired) electrons. The van der Waals surface area contributed by atoms with E-state index in [4.69, 9.17) is 4.74 Å². The van der Waals surface area contributed by atoms with Crippen molar-refractivity contribution < 1.29 is 19.2 Å². The molecule has 2 N–H and O–H groups in total. The van der Waals surface area contributed by atoms with Crippen LogP contribution < -0.4 is 15.5 Å². The molecule has 3 aromatic carbocycles. The number of nitro benzene ring substituents is 1. The molecule has 3 rings (SSSR count). The summed E-state index contributed by atoms with van der Waals surface area (Å²) in [5.41, 5.74) is 5.36. The molecule has 0 spiro atoms. The maximum Gasteiger partial charge on any atom is 0.271 e. The fourth-order valence-corrected chi connectivity index (χ4v) is 4.38. The van der Waals surface area contributed by atoms with Crippen LogP contribution in [-0.4, -0.2) is 29.6 Å². The summed E-state index contributed by atoms with van der Waals surface area (Å²) in [5.74, 6) is -0.609. The maximum absolute atomic E-state index is 12.5. The van der Waals surface area contributed by atoms with Gasteiger partial charge in [-0.25, -0.2) is 5.43 Å². The number of rotatable bonds is 8. The molecule has 0 aliphatic carbocycles. The van der Waals surface area contributed by atoms with Crippen molar-refractivity contribution in [1.82, 2.24) is 5.43 Å².